The lowest BCUT2D eigenvalue weighted by Crippen LogP contribution is -2.12. The quantitative estimate of drug-likeness (QED) is 0.924. The number of hydrogen-bond acceptors (Lipinski definition) is 2. The average molecular weight is 275 g/mol. The largest absolute Gasteiger partial charge is 0.309 e. The maximum atomic E-state index is 13.1. The lowest BCUT2D eigenvalue weighted by atomic mass is 10.1. The van der Waals surface area contributed by atoms with Gasteiger partial charge in [-0.05, 0) is 41.5 Å². The minimum atomic E-state index is -0.331. The molecule has 2 rings (SSSR count). The molecular weight excluding hydrogens is 263 g/mol. The Balaban J connectivity index is 1.90. The molecule has 1 N–H and O–H groups in total. The van der Waals surface area contributed by atoms with Crippen molar-refractivity contribution in [3.8, 4) is 6.07 Å². The molecule has 0 unspecified atom stereocenters. The molecule has 96 valence electrons. The van der Waals surface area contributed by atoms with Crippen molar-refractivity contribution in [2.24, 2.45) is 0 Å². The van der Waals surface area contributed by atoms with Crippen LogP contribution in [0.1, 0.15) is 16.7 Å². The third kappa shape index (κ3) is 4.06. The van der Waals surface area contributed by atoms with Gasteiger partial charge in [-0.3, -0.25) is 0 Å². The van der Waals surface area contributed by atoms with E-state index in [2.05, 4.69) is 11.4 Å². The molecule has 2 aromatic carbocycles. The molecule has 0 aromatic heterocycles. The predicted molar refractivity (Wildman–Crippen MR) is 73.1 cm³/mol. The maximum absolute atomic E-state index is 13.1. The van der Waals surface area contributed by atoms with Crippen LogP contribution in [0.4, 0.5) is 4.39 Å². The lowest BCUT2D eigenvalue weighted by molar-refractivity contribution is 0.620. The SMILES string of the molecule is N#Cc1ccc(CNCc2cc(F)cc(Cl)c2)cc1. The van der Waals surface area contributed by atoms with Gasteiger partial charge in [0.05, 0.1) is 11.6 Å². The van der Waals surface area contributed by atoms with Crippen LogP contribution in [-0.4, -0.2) is 0 Å². The summed E-state index contributed by atoms with van der Waals surface area (Å²) >= 11 is 5.78. The van der Waals surface area contributed by atoms with E-state index in [0.29, 0.717) is 23.7 Å². The number of benzene rings is 2. The summed E-state index contributed by atoms with van der Waals surface area (Å²) < 4.78 is 13.1. The minimum absolute atomic E-state index is 0.331. The summed E-state index contributed by atoms with van der Waals surface area (Å²) in [4.78, 5) is 0. The van der Waals surface area contributed by atoms with Gasteiger partial charge in [0.25, 0.3) is 0 Å². The topological polar surface area (TPSA) is 35.8 Å². The van der Waals surface area contributed by atoms with Crippen LogP contribution in [0.15, 0.2) is 42.5 Å². The van der Waals surface area contributed by atoms with Gasteiger partial charge in [0.1, 0.15) is 5.82 Å². The Kier molecular flexibility index (Phi) is 4.51. The van der Waals surface area contributed by atoms with Crippen molar-refractivity contribution in [1.82, 2.24) is 5.32 Å². The molecule has 0 aliphatic carbocycles. The summed E-state index contributed by atoms with van der Waals surface area (Å²) in [5.41, 5.74) is 2.51. The Morgan fingerprint density at radius 1 is 1.05 bits per heavy atom. The van der Waals surface area contributed by atoms with E-state index in [1.54, 1.807) is 18.2 Å². The summed E-state index contributed by atoms with van der Waals surface area (Å²) in [7, 11) is 0. The smallest absolute Gasteiger partial charge is 0.125 e. The van der Waals surface area contributed by atoms with E-state index in [-0.39, 0.29) is 5.82 Å². The van der Waals surface area contributed by atoms with Crippen molar-refractivity contribution in [3.63, 3.8) is 0 Å². The van der Waals surface area contributed by atoms with E-state index >= 15 is 0 Å². The summed E-state index contributed by atoms with van der Waals surface area (Å²) in [5, 5.41) is 12.3. The highest BCUT2D eigenvalue weighted by Crippen LogP contribution is 2.14. The average Bonchev–Trinajstić information content (AvgIpc) is 2.38. The molecule has 0 aliphatic heterocycles. The molecule has 0 spiro atoms. The van der Waals surface area contributed by atoms with Crippen molar-refractivity contribution < 1.29 is 4.39 Å². The van der Waals surface area contributed by atoms with E-state index in [1.165, 1.54) is 12.1 Å². The zero-order valence-corrected chi connectivity index (χ0v) is 10.9. The van der Waals surface area contributed by atoms with Gasteiger partial charge < -0.3 is 5.32 Å². The van der Waals surface area contributed by atoms with Gasteiger partial charge in [0, 0.05) is 18.1 Å². The third-order valence-electron chi connectivity index (χ3n) is 2.66. The first-order chi connectivity index (χ1) is 9.17. The van der Waals surface area contributed by atoms with Crippen LogP contribution in [-0.2, 0) is 13.1 Å². The molecular formula is C15H12ClFN2. The number of hydrogen-bond donors (Lipinski definition) is 1. The summed E-state index contributed by atoms with van der Waals surface area (Å²) in [6, 6.07) is 13.9. The fraction of sp³-hybridized carbons (Fsp3) is 0.133. The molecule has 0 amide bonds. The zero-order chi connectivity index (χ0) is 13.7. The molecule has 0 bridgehead atoms. The predicted octanol–water partition coefficient (Wildman–Crippen LogP) is 3.64. The molecule has 4 heteroatoms. The first-order valence-corrected chi connectivity index (χ1v) is 6.20. The molecule has 0 atom stereocenters. The van der Waals surface area contributed by atoms with Crippen LogP contribution >= 0.6 is 11.6 Å². The van der Waals surface area contributed by atoms with Gasteiger partial charge >= 0.3 is 0 Å². The number of nitrogens with zero attached hydrogens (tertiary/aromatic N) is 1. The zero-order valence-electron chi connectivity index (χ0n) is 10.2. The first-order valence-electron chi connectivity index (χ1n) is 5.82. The number of rotatable bonds is 4. The molecule has 0 heterocycles. The Labute approximate surface area is 116 Å². The van der Waals surface area contributed by atoms with E-state index in [9.17, 15) is 4.39 Å². The maximum Gasteiger partial charge on any atom is 0.125 e. The molecule has 2 nitrogen and oxygen atoms in total. The Hall–Kier alpha value is -1.89. The summed E-state index contributed by atoms with van der Waals surface area (Å²) in [6.45, 7) is 1.19. The highest BCUT2D eigenvalue weighted by atomic mass is 35.5. The molecule has 0 saturated heterocycles. The van der Waals surface area contributed by atoms with Gasteiger partial charge in [-0.1, -0.05) is 23.7 Å². The summed E-state index contributed by atoms with van der Waals surface area (Å²) in [5.74, 6) is -0.331. The van der Waals surface area contributed by atoms with Gasteiger partial charge in [-0.2, -0.15) is 5.26 Å². The molecule has 0 radical (unpaired) electrons. The highest BCUT2D eigenvalue weighted by Gasteiger charge is 1.99. The van der Waals surface area contributed by atoms with E-state index in [4.69, 9.17) is 16.9 Å². The Bertz CT molecular complexity index is 582. The Morgan fingerprint density at radius 3 is 2.37 bits per heavy atom. The second kappa shape index (κ2) is 6.33. The van der Waals surface area contributed by atoms with Crippen LogP contribution in [0.2, 0.25) is 5.02 Å². The number of nitriles is 1. The number of nitrogens with one attached hydrogen (secondary N) is 1. The van der Waals surface area contributed by atoms with E-state index in [0.717, 1.165) is 11.1 Å². The fourth-order valence-corrected chi connectivity index (χ4v) is 2.01. The molecule has 0 saturated carbocycles. The molecule has 0 fully saturated rings. The normalized spacial score (nSPS) is 10.2. The van der Waals surface area contributed by atoms with Gasteiger partial charge in [-0.15, -0.1) is 0 Å². The van der Waals surface area contributed by atoms with Crippen molar-refractivity contribution in [2.75, 3.05) is 0 Å². The molecule has 19 heavy (non-hydrogen) atoms. The van der Waals surface area contributed by atoms with Crippen molar-refractivity contribution in [2.45, 2.75) is 13.1 Å². The van der Waals surface area contributed by atoms with Crippen molar-refractivity contribution >= 4 is 11.6 Å². The highest BCUT2D eigenvalue weighted by molar-refractivity contribution is 6.30. The van der Waals surface area contributed by atoms with Gasteiger partial charge in [0.2, 0.25) is 0 Å². The number of halogens is 2. The van der Waals surface area contributed by atoms with Crippen LogP contribution in [0, 0.1) is 17.1 Å². The third-order valence-corrected chi connectivity index (χ3v) is 2.88. The Morgan fingerprint density at radius 2 is 1.74 bits per heavy atom. The van der Waals surface area contributed by atoms with Crippen molar-refractivity contribution in [1.29, 1.82) is 5.26 Å². The second-order valence-corrected chi connectivity index (χ2v) is 4.63. The van der Waals surface area contributed by atoms with E-state index < -0.39 is 0 Å². The fourth-order valence-electron chi connectivity index (χ4n) is 1.76. The lowest BCUT2D eigenvalue weighted by Gasteiger charge is -2.06. The van der Waals surface area contributed by atoms with Crippen LogP contribution < -0.4 is 5.32 Å². The van der Waals surface area contributed by atoms with Gasteiger partial charge in [-0.25, -0.2) is 4.39 Å². The van der Waals surface area contributed by atoms with Crippen LogP contribution in [0.5, 0.6) is 0 Å². The second-order valence-electron chi connectivity index (χ2n) is 4.19. The monoisotopic (exact) mass is 274 g/mol. The summed E-state index contributed by atoms with van der Waals surface area (Å²) in [6.07, 6.45) is 0. The molecule has 0 aliphatic rings. The first kappa shape index (κ1) is 13.5. The van der Waals surface area contributed by atoms with Gasteiger partial charge in [0.15, 0.2) is 0 Å². The standard InChI is InChI=1S/C15H12ClFN2/c16-14-5-13(6-15(17)7-14)10-19-9-12-3-1-11(8-18)2-4-12/h1-7,19H,9-10H2. The van der Waals surface area contributed by atoms with Crippen molar-refractivity contribution in [3.05, 3.63) is 70.0 Å². The van der Waals surface area contributed by atoms with Crippen LogP contribution in [0.3, 0.4) is 0 Å². The van der Waals surface area contributed by atoms with Crippen LogP contribution in [0.25, 0.3) is 0 Å². The van der Waals surface area contributed by atoms with E-state index in [1.807, 2.05) is 12.1 Å². The molecule has 2 aromatic rings. The minimum Gasteiger partial charge on any atom is -0.309 e.